The third kappa shape index (κ3) is 5.95. The minimum atomic E-state index is -5.83. The zero-order valence-electron chi connectivity index (χ0n) is 12.2. The zero-order valence-corrected chi connectivity index (χ0v) is 13.1. The molecule has 0 saturated heterocycles. The van der Waals surface area contributed by atoms with Crippen LogP contribution in [0.15, 0.2) is 24.3 Å². The van der Waals surface area contributed by atoms with Crippen LogP contribution in [0, 0.1) is 0 Å². The Morgan fingerprint density at radius 1 is 1.16 bits per heavy atom. The van der Waals surface area contributed by atoms with Gasteiger partial charge in [-0.15, -0.1) is 0 Å². The Labute approximate surface area is 114 Å². The van der Waals surface area contributed by atoms with Crippen molar-refractivity contribution in [2.75, 3.05) is 12.8 Å². The van der Waals surface area contributed by atoms with Crippen molar-refractivity contribution in [3.63, 3.8) is 0 Å². The van der Waals surface area contributed by atoms with Crippen LogP contribution in [-0.4, -0.2) is 12.8 Å². The Hall–Kier alpha value is -0.560. The molecule has 0 fully saturated rings. The van der Waals surface area contributed by atoms with Gasteiger partial charge in [0.15, 0.2) is 0 Å². The van der Waals surface area contributed by atoms with E-state index in [0.717, 1.165) is 12.0 Å². The molecule has 0 nitrogen and oxygen atoms in total. The Morgan fingerprint density at radius 2 is 1.79 bits per heavy atom. The normalized spacial score (nSPS) is 15.0. The molecule has 0 amide bonds. The molecule has 4 heteroatoms. The van der Waals surface area contributed by atoms with Gasteiger partial charge in [-0.05, 0) is 0 Å². The quantitative estimate of drug-likeness (QED) is 0.552. The second kappa shape index (κ2) is 5.44. The molecular formula is C15H24F3P. The Balaban J connectivity index is 2.69. The summed E-state index contributed by atoms with van der Waals surface area (Å²) in [6.45, 7) is 6.93. The topological polar surface area (TPSA) is 0 Å². The van der Waals surface area contributed by atoms with Crippen molar-refractivity contribution < 1.29 is 12.6 Å². The molecule has 0 aliphatic rings. The van der Waals surface area contributed by atoms with Gasteiger partial charge in [-0.1, -0.05) is 0 Å². The maximum absolute atomic E-state index is 12.9. The first-order chi connectivity index (χ1) is 8.50. The zero-order chi connectivity index (χ0) is 14.8. The van der Waals surface area contributed by atoms with E-state index in [4.69, 9.17) is 0 Å². The van der Waals surface area contributed by atoms with Gasteiger partial charge in [0.25, 0.3) is 0 Å². The van der Waals surface area contributed by atoms with E-state index in [-0.39, 0.29) is 11.8 Å². The van der Waals surface area contributed by atoms with Crippen LogP contribution in [0.4, 0.5) is 12.6 Å². The van der Waals surface area contributed by atoms with Gasteiger partial charge < -0.3 is 0 Å². The molecule has 0 heterocycles. The van der Waals surface area contributed by atoms with Gasteiger partial charge in [0.2, 0.25) is 0 Å². The molecule has 1 aromatic carbocycles. The van der Waals surface area contributed by atoms with Crippen molar-refractivity contribution in [1.82, 2.24) is 0 Å². The first-order valence-electron chi connectivity index (χ1n) is 6.76. The predicted molar refractivity (Wildman–Crippen MR) is 79.1 cm³/mol. The number of benzene rings is 1. The second-order valence-corrected chi connectivity index (χ2v) is 9.33. The molecule has 1 aromatic rings. The third-order valence-corrected chi connectivity index (χ3v) is 4.96. The van der Waals surface area contributed by atoms with Crippen LogP contribution in [0.25, 0.3) is 0 Å². The Bertz CT molecular complexity index is 423. The van der Waals surface area contributed by atoms with Crippen LogP contribution >= 0.6 is 7.54 Å². The Kier molecular flexibility index (Phi) is 4.72. The van der Waals surface area contributed by atoms with Gasteiger partial charge in [0.1, 0.15) is 0 Å². The van der Waals surface area contributed by atoms with Gasteiger partial charge in [0, 0.05) is 0 Å². The summed E-state index contributed by atoms with van der Waals surface area (Å²) in [5.74, 6) is 0. The Morgan fingerprint density at radius 3 is 2.32 bits per heavy atom. The van der Waals surface area contributed by atoms with E-state index in [1.165, 1.54) is 5.56 Å². The van der Waals surface area contributed by atoms with E-state index in [2.05, 4.69) is 32.9 Å². The summed E-state index contributed by atoms with van der Waals surface area (Å²) in [7, 11) is -5.83. The summed E-state index contributed by atoms with van der Waals surface area (Å²) in [4.78, 5) is 0. The number of rotatable bonds is 6. The van der Waals surface area contributed by atoms with E-state index in [1.54, 1.807) is 0 Å². The van der Waals surface area contributed by atoms with Crippen molar-refractivity contribution in [2.45, 2.75) is 45.4 Å². The molecular weight excluding hydrogens is 268 g/mol. The summed E-state index contributed by atoms with van der Waals surface area (Å²) < 4.78 is 38.7. The monoisotopic (exact) mass is 292 g/mol. The molecule has 0 aromatic heterocycles. The summed E-state index contributed by atoms with van der Waals surface area (Å²) in [5, 5.41) is 0. The van der Waals surface area contributed by atoms with Crippen LogP contribution in [0.5, 0.6) is 0 Å². The summed E-state index contributed by atoms with van der Waals surface area (Å²) in [5.41, 5.74) is 2.31. The molecule has 0 radical (unpaired) electrons. The molecule has 0 bridgehead atoms. The first-order valence-corrected chi connectivity index (χ1v) is 9.30. The average Bonchev–Trinajstić information content (AvgIpc) is 2.27. The molecule has 1 rings (SSSR count). The van der Waals surface area contributed by atoms with E-state index in [1.807, 2.05) is 12.1 Å². The second-order valence-electron chi connectivity index (χ2n) is 6.14. The van der Waals surface area contributed by atoms with E-state index in [0.29, 0.717) is 13.1 Å². The molecule has 0 spiro atoms. The van der Waals surface area contributed by atoms with Crippen LogP contribution in [0.3, 0.4) is 0 Å². The van der Waals surface area contributed by atoms with Gasteiger partial charge in [0.05, 0.1) is 0 Å². The van der Waals surface area contributed by atoms with E-state index in [9.17, 15) is 12.6 Å². The van der Waals surface area contributed by atoms with Crippen LogP contribution in [0.2, 0.25) is 0 Å². The van der Waals surface area contributed by atoms with Crippen molar-refractivity contribution >= 4 is 7.54 Å². The van der Waals surface area contributed by atoms with Gasteiger partial charge in [-0.3, -0.25) is 0 Å². The molecule has 19 heavy (non-hydrogen) atoms. The fraction of sp³-hybridized carbons (Fsp3) is 0.600. The number of hydrogen-bond donors (Lipinski definition) is 0. The van der Waals surface area contributed by atoms with Crippen molar-refractivity contribution in [3.05, 3.63) is 35.4 Å². The molecule has 0 unspecified atom stereocenters. The van der Waals surface area contributed by atoms with Crippen LogP contribution in [0.1, 0.15) is 44.7 Å². The maximum atomic E-state index is 12.9. The van der Waals surface area contributed by atoms with Crippen LogP contribution in [-0.2, 0) is 11.8 Å². The van der Waals surface area contributed by atoms with Gasteiger partial charge in [-0.2, -0.15) is 0 Å². The SMILES string of the molecule is CCC(C)(C)c1cccc(CCCP(C)(F)(F)F)c1. The van der Waals surface area contributed by atoms with E-state index < -0.39 is 13.7 Å². The van der Waals surface area contributed by atoms with Crippen molar-refractivity contribution in [1.29, 1.82) is 0 Å². The molecule has 0 aliphatic carbocycles. The fourth-order valence-electron chi connectivity index (χ4n) is 1.97. The fourth-order valence-corrected chi connectivity index (χ4v) is 2.81. The molecule has 110 valence electrons. The average molecular weight is 292 g/mol. The van der Waals surface area contributed by atoms with E-state index >= 15 is 0 Å². The molecule has 0 aliphatic heterocycles. The standard InChI is InChI=1S/C15H24F3P/c1-5-15(2,3)14-10-6-8-13(12-14)9-7-11-19(4,16,17)18/h6,8,10,12H,5,7,9,11H2,1-4H3. The third-order valence-electron chi connectivity index (χ3n) is 3.69. The molecule has 0 atom stereocenters. The van der Waals surface area contributed by atoms with Gasteiger partial charge >= 0.3 is 114 Å². The van der Waals surface area contributed by atoms with Crippen molar-refractivity contribution in [3.8, 4) is 0 Å². The number of aryl methyl sites for hydroxylation is 1. The van der Waals surface area contributed by atoms with Gasteiger partial charge in [-0.25, -0.2) is 0 Å². The van der Waals surface area contributed by atoms with Crippen molar-refractivity contribution in [2.24, 2.45) is 0 Å². The first kappa shape index (κ1) is 16.5. The molecule has 0 saturated carbocycles. The summed E-state index contributed by atoms with van der Waals surface area (Å²) in [6, 6.07) is 8.00. The van der Waals surface area contributed by atoms with Crippen LogP contribution < -0.4 is 0 Å². The number of halogens is 3. The molecule has 0 N–H and O–H groups in total. The predicted octanol–water partition coefficient (Wildman–Crippen LogP) is 6.14. The summed E-state index contributed by atoms with van der Waals surface area (Å²) in [6.07, 6.45) is 1.12. The minimum absolute atomic E-state index is 0.0836. The summed E-state index contributed by atoms with van der Waals surface area (Å²) >= 11 is 0. The number of hydrogen-bond acceptors (Lipinski definition) is 0.